The third-order valence-corrected chi connectivity index (χ3v) is 8.38. The second kappa shape index (κ2) is 9.17. The summed E-state index contributed by atoms with van der Waals surface area (Å²) < 4.78 is 30.4. The first-order valence-corrected chi connectivity index (χ1v) is 13.2. The topological polar surface area (TPSA) is 105 Å². The van der Waals surface area contributed by atoms with Crippen molar-refractivity contribution in [2.24, 2.45) is 7.05 Å². The van der Waals surface area contributed by atoms with Crippen LogP contribution in [0.5, 0.6) is 0 Å². The molecule has 3 aromatic heterocycles. The van der Waals surface area contributed by atoms with E-state index in [9.17, 15) is 8.42 Å². The van der Waals surface area contributed by atoms with E-state index in [1.54, 1.807) is 37.2 Å². The van der Waals surface area contributed by atoms with Gasteiger partial charge in [0.1, 0.15) is 18.0 Å². The van der Waals surface area contributed by atoms with Gasteiger partial charge in [-0.25, -0.2) is 27.7 Å². The quantitative estimate of drug-likeness (QED) is 0.380. The van der Waals surface area contributed by atoms with Gasteiger partial charge >= 0.3 is 0 Å². The van der Waals surface area contributed by atoms with Gasteiger partial charge in [0, 0.05) is 53.9 Å². The molecule has 0 bridgehead atoms. The molecule has 1 aliphatic heterocycles. The molecule has 35 heavy (non-hydrogen) atoms. The van der Waals surface area contributed by atoms with Gasteiger partial charge < -0.3 is 9.47 Å². The summed E-state index contributed by atoms with van der Waals surface area (Å²) in [6.07, 6.45) is 4.40. The zero-order chi connectivity index (χ0) is 24.7. The minimum Gasteiger partial charge on any atom is -0.353 e. The van der Waals surface area contributed by atoms with Crippen LogP contribution in [0.1, 0.15) is 19.2 Å². The number of piperazine rings is 1. The fraction of sp³-hybridized carbons (Fsp3) is 0.478. The van der Waals surface area contributed by atoms with Crippen LogP contribution in [0.3, 0.4) is 0 Å². The van der Waals surface area contributed by atoms with Gasteiger partial charge in [-0.1, -0.05) is 6.92 Å². The molecule has 1 fully saturated rings. The van der Waals surface area contributed by atoms with Gasteiger partial charge in [-0.15, -0.1) is 0 Å². The molecule has 0 unspecified atom stereocenters. The Balaban J connectivity index is 1.36. The van der Waals surface area contributed by atoms with Crippen molar-refractivity contribution in [3.05, 3.63) is 36.5 Å². The van der Waals surface area contributed by atoms with Gasteiger partial charge in [-0.2, -0.15) is 5.10 Å². The molecule has 4 aromatic rings. The summed E-state index contributed by atoms with van der Waals surface area (Å²) in [5.41, 5.74) is 2.52. The summed E-state index contributed by atoms with van der Waals surface area (Å²) in [6.45, 7) is 7.14. The smallest absolute Gasteiger partial charge is 0.242 e. The molecule has 0 amide bonds. The maximum absolute atomic E-state index is 12.6. The number of hydrogen-bond acceptors (Lipinski definition) is 8. The number of imidazole rings is 1. The number of anilines is 1. The SMILES string of the molecule is CCCn1c(CN2CCN(c3ncnc4c3cnn4C)CC2)nc2cc(S(=O)(=O)N(C)C)ccc21. The minimum atomic E-state index is -3.51. The van der Waals surface area contributed by atoms with Gasteiger partial charge in [-0.05, 0) is 24.6 Å². The molecular weight excluding hydrogens is 466 g/mol. The molecule has 0 radical (unpaired) electrons. The van der Waals surface area contributed by atoms with E-state index in [1.165, 1.54) is 4.31 Å². The van der Waals surface area contributed by atoms with Crippen molar-refractivity contribution in [2.75, 3.05) is 45.2 Å². The fourth-order valence-electron chi connectivity index (χ4n) is 4.64. The van der Waals surface area contributed by atoms with Crippen LogP contribution in [0.25, 0.3) is 22.1 Å². The lowest BCUT2D eigenvalue weighted by atomic mass is 10.2. The highest BCUT2D eigenvalue weighted by atomic mass is 32.2. The third-order valence-electron chi connectivity index (χ3n) is 6.57. The van der Waals surface area contributed by atoms with E-state index in [2.05, 4.69) is 36.4 Å². The molecule has 0 N–H and O–H groups in total. The van der Waals surface area contributed by atoms with Crippen LogP contribution >= 0.6 is 0 Å². The summed E-state index contributed by atoms with van der Waals surface area (Å²) in [4.78, 5) is 18.7. The number of aromatic nitrogens is 6. The van der Waals surface area contributed by atoms with Gasteiger partial charge in [0.05, 0.1) is 34.1 Å². The molecule has 4 heterocycles. The Morgan fingerprint density at radius 3 is 2.57 bits per heavy atom. The lowest BCUT2D eigenvalue weighted by Crippen LogP contribution is -2.46. The zero-order valence-corrected chi connectivity index (χ0v) is 21.4. The van der Waals surface area contributed by atoms with Crippen molar-refractivity contribution >= 4 is 37.9 Å². The maximum Gasteiger partial charge on any atom is 0.242 e. The number of nitrogens with zero attached hydrogens (tertiary/aromatic N) is 9. The predicted octanol–water partition coefficient (Wildman–Crippen LogP) is 1.70. The highest BCUT2D eigenvalue weighted by Gasteiger charge is 2.24. The summed E-state index contributed by atoms with van der Waals surface area (Å²) in [5, 5.41) is 5.30. The summed E-state index contributed by atoms with van der Waals surface area (Å²) in [6, 6.07) is 5.24. The number of benzene rings is 1. The first-order chi connectivity index (χ1) is 16.8. The molecule has 186 valence electrons. The number of rotatable bonds is 7. The summed E-state index contributed by atoms with van der Waals surface area (Å²) in [5.74, 6) is 1.89. The number of hydrogen-bond donors (Lipinski definition) is 0. The van der Waals surface area contributed by atoms with Crippen molar-refractivity contribution in [3.8, 4) is 0 Å². The van der Waals surface area contributed by atoms with E-state index < -0.39 is 10.0 Å². The van der Waals surface area contributed by atoms with Crippen LogP contribution in [0.15, 0.2) is 35.6 Å². The Hall–Kier alpha value is -3.09. The van der Waals surface area contributed by atoms with Crippen molar-refractivity contribution in [1.82, 2.24) is 38.5 Å². The highest BCUT2D eigenvalue weighted by Crippen LogP contribution is 2.25. The van der Waals surface area contributed by atoms with Gasteiger partial charge in [0.25, 0.3) is 0 Å². The zero-order valence-electron chi connectivity index (χ0n) is 20.6. The molecule has 12 heteroatoms. The van der Waals surface area contributed by atoms with E-state index in [0.29, 0.717) is 6.54 Å². The lowest BCUT2D eigenvalue weighted by molar-refractivity contribution is 0.240. The van der Waals surface area contributed by atoms with E-state index in [-0.39, 0.29) is 4.90 Å². The molecule has 1 aliphatic rings. The molecule has 5 rings (SSSR count). The Bertz CT molecular complexity index is 1470. The molecule has 0 saturated carbocycles. The predicted molar refractivity (Wildman–Crippen MR) is 135 cm³/mol. The van der Waals surface area contributed by atoms with E-state index in [1.807, 2.05) is 19.3 Å². The Morgan fingerprint density at radius 1 is 1.09 bits per heavy atom. The molecule has 11 nitrogen and oxygen atoms in total. The minimum absolute atomic E-state index is 0.267. The fourth-order valence-corrected chi connectivity index (χ4v) is 5.57. The van der Waals surface area contributed by atoms with Crippen molar-refractivity contribution in [1.29, 1.82) is 0 Å². The second-order valence-electron chi connectivity index (χ2n) is 9.08. The van der Waals surface area contributed by atoms with Crippen molar-refractivity contribution in [3.63, 3.8) is 0 Å². The van der Waals surface area contributed by atoms with Gasteiger partial charge in [0.2, 0.25) is 10.0 Å². The Kier molecular flexibility index (Phi) is 6.20. The first-order valence-electron chi connectivity index (χ1n) is 11.8. The van der Waals surface area contributed by atoms with Crippen LogP contribution < -0.4 is 4.90 Å². The molecular formula is C23H31N9O2S. The molecule has 0 spiro atoms. The first kappa shape index (κ1) is 23.6. The largest absolute Gasteiger partial charge is 0.353 e. The Morgan fingerprint density at radius 2 is 1.86 bits per heavy atom. The van der Waals surface area contributed by atoms with Crippen LogP contribution in [-0.4, -0.2) is 87.2 Å². The van der Waals surface area contributed by atoms with Gasteiger partial charge in [-0.3, -0.25) is 9.58 Å². The lowest BCUT2D eigenvalue weighted by Gasteiger charge is -2.35. The average molecular weight is 498 g/mol. The molecule has 1 aromatic carbocycles. The number of sulfonamides is 1. The van der Waals surface area contributed by atoms with E-state index in [0.717, 1.165) is 72.9 Å². The molecule has 1 saturated heterocycles. The van der Waals surface area contributed by atoms with E-state index >= 15 is 0 Å². The normalized spacial score (nSPS) is 15.6. The maximum atomic E-state index is 12.6. The van der Waals surface area contributed by atoms with Crippen LogP contribution in [0, 0.1) is 0 Å². The highest BCUT2D eigenvalue weighted by molar-refractivity contribution is 7.89. The Labute approximate surface area is 205 Å². The number of fused-ring (bicyclic) bond motifs is 2. The second-order valence-corrected chi connectivity index (χ2v) is 11.2. The number of aryl methyl sites for hydroxylation is 2. The molecule has 0 aliphatic carbocycles. The monoisotopic (exact) mass is 497 g/mol. The summed E-state index contributed by atoms with van der Waals surface area (Å²) >= 11 is 0. The summed E-state index contributed by atoms with van der Waals surface area (Å²) in [7, 11) is 1.47. The third kappa shape index (κ3) is 4.26. The van der Waals surface area contributed by atoms with Crippen LogP contribution in [-0.2, 0) is 30.2 Å². The van der Waals surface area contributed by atoms with Crippen molar-refractivity contribution in [2.45, 2.75) is 31.3 Å². The van der Waals surface area contributed by atoms with Crippen LogP contribution in [0.2, 0.25) is 0 Å². The van der Waals surface area contributed by atoms with Crippen LogP contribution in [0.4, 0.5) is 5.82 Å². The van der Waals surface area contributed by atoms with Gasteiger partial charge in [0.15, 0.2) is 5.65 Å². The van der Waals surface area contributed by atoms with E-state index in [4.69, 9.17) is 4.98 Å². The average Bonchev–Trinajstić information content (AvgIpc) is 3.39. The van der Waals surface area contributed by atoms with Crippen molar-refractivity contribution < 1.29 is 8.42 Å². The molecule has 0 atom stereocenters. The standard InChI is InChI=1S/C23H31N9O2S/c1-5-8-32-20-7-6-17(35(33,34)28(2)3)13-19(20)27-21(32)15-30-9-11-31(12-10-30)23-18-14-26-29(4)22(18)24-16-25-23/h6-7,13-14,16H,5,8-12,15H2,1-4H3.